The lowest BCUT2D eigenvalue weighted by Gasteiger charge is -2.28. The zero-order valence-corrected chi connectivity index (χ0v) is 9.01. The monoisotopic (exact) mass is 209 g/mol. The maximum Gasteiger partial charge on any atom is 0.308 e. The van der Waals surface area contributed by atoms with Gasteiger partial charge < -0.3 is 4.74 Å². The average Bonchev–Trinajstić information content (AvgIpc) is 2.87. The molecule has 0 aliphatic heterocycles. The third-order valence-corrected chi connectivity index (χ3v) is 3.85. The number of ether oxygens (including phenoxy) is 1. The van der Waals surface area contributed by atoms with Crippen LogP contribution in [0.3, 0.4) is 0 Å². The number of carbonyl (C=O) groups is 1. The predicted molar refractivity (Wildman–Crippen MR) is 53.9 cm³/mol. The van der Waals surface area contributed by atoms with Crippen molar-refractivity contribution in [2.24, 2.45) is 22.4 Å². The molecule has 2 saturated carbocycles. The third kappa shape index (κ3) is 1.67. The van der Waals surface area contributed by atoms with E-state index in [9.17, 15) is 4.79 Å². The fourth-order valence-corrected chi connectivity index (χ4v) is 2.96. The number of hydrogen-bond donors (Lipinski definition) is 0. The van der Waals surface area contributed by atoms with Gasteiger partial charge in [-0.2, -0.15) is 0 Å². The summed E-state index contributed by atoms with van der Waals surface area (Å²) in [6, 6.07) is -0.0390. The number of rotatable bonds is 2. The fraction of sp³-hybridized carbons (Fsp3) is 0.900. The molecule has 4 unspecified atom stereocenters. The highest BCUT2D eigenvalue weighted by Gasteiger charge is 2.59. The van der Waals surface area contributed by atoms with Crippen LogP contribution in [-0.4, -0.2) is 19.1 Å². The van der Waals surface area contributed by atoms with Gasteiger partial charge in [-0.25, -0.2) is 0 Å². The Balaban J connectivity index is 2.13. The number of nitrogens with zero attached hydrogens (tertiary/aromatic N) is 3. The van der Waals surface area contributed by atoms with Crippen molar-refractivity contribution in [3.05, 3.63) is 10.4 Å². The average molecular weight is 209 g/mol. The van der Waals surface area contributed by atoms with E-state index in [1.54, 1.807) is 0 Å². The highest BCUT2D eigenvalue weighted by atomic mass is 16.5. The van der Waals surface area contributed by atoms with E-state index in [0.717, 1.165) is 12.8 Å². The van der Waals surface area contributed by atoms with E-state index in [2.05, 4.69) is 16.9 Å². The van der Waals surface area contributed by atoms with Gasteiger partial charge in [0.25, 0.3) is 0 Å². The predicted octanol–water partition coefficient (Wildman–Crippen LogP) is 2.27. The van der Waals surface area contributed by atoms with Crippen molar-refractivity contribution < 1.29 is 9.53 Å². The quantitative estimate of drug-likeness (QED) is 0.303. The van der Waals surface area contributed by atoms with Gasteiger partial charge in [-0.15, -0.1) is 0 Å². The topological polar surface area (TPSA) is 75.1 Å². The van der Waals surface area contributed by atoms with Crippen molar-refractivity contribution in [2.45, 2.75) is 32.2 Å². The molecule has 0 spiro atoms. The van der Waals surface area contributed by atoms with Crippen LogP contribution >= 0.6 is 0 Å². The summed E-state index contributed by atoms with van der Waals surface area (Å²) in [6.07, 6.45) is 2.62. The fourth-order valence-electron chi connectivity index (χ4n) is 2.96. The van der Waals surface area contributed by atoms with Crippen LogP contribution in [0.2, 0.25) is 0 Å². The Bertz CT molecular complexity index is 338. The Kier molecular flexibility index (Phi) is 2.35. The largest absolute Gasteiger partial charge is 0.469 e. The van der Waals surface area contributed by atoms with Crippen LogP contribution < -0.4 is 0 Å². The van der Waals surface area contributed by atoms with Crippen LogP contribution in [0.5, 0.6) is 0 Å². The summed E-state index contributed by atoms with van der Waals surface area (Å²) < 4.78 is 4.78. The van der Waals surface area contributed by atoms with Crippen molar-refractivity contribution in [2.75, 3.05) is 7.11 Å². The van der Waals surface area contributed by atoms with Gasteiger partial charge in [0.15, 0.2) is 0 Å². The molecule has 0 bridgehead atoms. The van der Waals surface area contributed by atoms with E-state index in [4.69, 9.17) is 10.3 Å². The van der Waals surface area contributed by atoms with Crippen molar-refractivity contribution >= 4 is 5.97 Å². The lowest BCUT2D eigenvalue weighted by Crippen LogP contribution is -2.31. The molecule has 4 atom stereocenters. The Morgan fingerprint density at radius 2 is 2.33 bits per heavy atom. The standard InChI is InChI=1S/C10H15N3O2/c1-10-4-6(12-13-11)3-7(8(10)5-10)9(14)15-2/h6-8H,3-5H2,1-2H3. The van der Waals surface area contributed by atoms with Gasteiger partial charge in [0.2, 0.25) is 0 Å². The summed E-state index contributed by atoms with van der Waals surface area (Å²) in [5, 5.41) is 3.75. The van der Waals surface area contributed by atoms with Crippen LogP contribution in [0.25, 0.3) is 10.4 Å². The van der Waals surface area contributed by atoms with Gasteiger partial charge >= 0.3 is 5.97 Å². The molecule has 0 radical (unpaired) electrons. The third-order valence-electron chi connectivity index (χ3n) is 3.85. The summed E-state index contributed by atoms with van der Waals surface area (Å²) in [7, 11) is 1.42. The molecule has 0 heterocycles. The Hall–Kier alpha value is -1.22. The van der Waals surface area contributed by atoms with Gasteiger partial charge in [-0.1, -0.05) is 12.0 Å². The first kappa shape index (κ1) is 10.3. The van der Waals surface area contributed by atoms with Crippen LogP contribution in [0.15, 0.2) is 5.11 Å². The number of hydrogen-bond acceptors (Lipinski definition) is 3. The zero-order valence-electron chi connectivity index (χ0n) is 9.01. The lowest BCUT2D eigenvalue weighted by atomic mass is 9.80. The molecule has 0 saturated heterocycles. The van der Waals surface area contributed by atoms with Crippen LogP contribution in [0, 0.1) is 17.3 Å². The number of fused-ring (bicyclic) bond motifs is 1. The number of esters is 1. The Morgan fingerprint density at radius 1 is 1.60 bits per heavy atom. The number of azide groups is 1. The summed E-state index contributed by atoms with van der Waals surface area (Å²) in [5.41, 5.74) is 8.63. The number of carbonyl (C=O) groups excluding carboxylic acids is 1. The van der Waals surface area contributed by atoms with Gasteiger partial charge in [0.1, 0.15) is 0 Å². The van der Waals surface area contributed by atoms with E-state index in [1.165, 1.54) is 7.11 Å². The van der Waals surface area contributed by atoms with E-state index < -0.39 is 0 Å². The van der Waals surface area contributed by atoms with Crippen molar-refractivity contribution in [3.8, 4) is 0 Å². The minimum atomic E-state index is -0.151. The molecule has 5 heteroatoms. The highest BCUT2D eigenvalue weighted by molar-refractivity contribution is 5.73. The number of methoxy groups -OCH3 is 1. The molecule has 15 heavy (non-hydrogen) atoms. The maximum absolute atomic E-state index is 11.5. The van der Waals surface area contributed by atoms with Crippen LogP contribution in [-0.2, 0) is 9.53 Å². The van der Waals surface area contributed by atoms with Gasteiger partial charge in [-0.3, -0.25) is 4.79 Å². The van der Waals surface area contributed by atoms with Gasteiger partial charge in [-0.05, 0) is 36.1 Å². The first-order valence-corrected chi connectivity index (χ1v) is 5.23. The second-order valence-electron chi connectivity index (χ2n) is 4.89. The molecular weight excluding hydrogens is 194 g/mol. The SMILES string of the molecule is COC(=O)C1CC(N=[N+]=[N-])CC2(C)CC12. The van der Waals surface area contributed by atoms with Gasteiger partial charge in [0, 0.05) is 11.0 Å². The summed E-state index contributed by atoms with van der Waals surface area (Å²) in [6.45, 7) is 2.16. The Labute approximate surface area is 88.4 Å². The van der Waals surface area contributed by atoms with Crippen LogP contribution in [0.4, 0.5) is 0 Å². The maximum atomic E-state index is 11.5. The smallest absolute Gasteiger partial charge is 0.308 e. The van der Waals surface area contributed by atoms with E-state index in [-0.39, 0.29) is 23.3 Å². The molecule has 82 valence electrons. The van der Waals surface area contributed by atoms with E-state index >= 15 is 0 Å². The van der Waals surface area contributed by atoms with Crippen LogP contribution in [0.1, 0.15) is 26.2 Å². The molecule has 0 aromatic carbocycles. The molecular formula is C10H15N3O2. The lowest BCUT2D eigenvalue weighted by molar-refractivity contribution is -0.147. The summed E-state index contributed by atoms with van der Waals surface area (Å²) >= 11 is 0. The summed E-state index contributed by atoms with van der Waals surface area (Å²) in [5.74, 6) is 0.223. The molecule has 0 N–H and O–H groups in total. The minimum absolute atomic E-state index is 0.0390. The minimum Gasteiger partial charge on any atom is -0.469 e. The van der Waals surface area contributed by atoms with Crippen molar-refractivity contribution in [3.63, 3.8) is 0 Å². The molecule has 2 rings (SSSR count). The van der Waals surface area contributed by atoms with E-state index in [0.29, 0.717) is 12.3 Å². The van der Waals surface area contributed by atoms with Crippen molar-refractivity contribution in [1.29, 1.82) is 0 Å². The molecule has 0 aromatic heterocycles. The molecule has 2 aliphatic rings. The Morgan fingerprint density at radius 3 is 2.93 bits per heavy atom. The molecule has 5 nitrogen and oxygen atoms in total. The normalized spacial score (nSPS) is 42.4. The molecule has 2 aliphatic carbocycles. The molecule has 0 amide bonds. The first-order valence-electron chi connectivity index (χ1n) is 5.23. The zero-order chi connectivity index (χ0) is 11.1. The molecule has 2 fully saturated rings. The first-order chi connectivity index (χ1) is 7.10. The summed E-state index contributed by atoms with van der Waals surface area (Å²) in [4.78, 5) is 14.4. The van der Waals surface area contributed by atoms with Gasteiger partial charge in [0.05, 0.1) is 13.0 Å². The second kappa shape index (κ2) is 3.42. The second-order valence-corrected chi connectivity index (χ2v) is 4.89. The highest BCUT2D eigenvalue weighted by Crippen LogP contribution is 2.63. The van der Waals surface area contributed by atoms with E-state index in [1.807, 2.05) is 0 Å². The van der Waals surface area contributed by atoms with Crippen molar-refractivity contribution in [1.82, 2.24) is 0 Å². The molecule has 0 aromatic rings.